The molecule has 4 aromatic rings. The van der Waals surface area contributed by atoms with Crippen LogP contribution in [0.4, 0.5) is 11.5 Å². The third-order valence-electron chi connectivity index (χ3n) is 6.42. The van der Waals surface area contributed by atoms with Gasteiger partial charge in [0.2, 0.25) is 0 Å². The number of rotatable bonds is 13. The van der Waals surface area contributed by atoms with Gasteiger partial charge in [-0.3, -0.25) is 0 Å². The van der Waals surface area contributed by atoms with Crippen molar-refractivity contribution in [2.24, 2.45) is 0 Å². The Balaban J connectivity index is 1.34. The minimum atomic E-state index is 0.740. The number of nitrogens with zero attached hydrogens (tertiary/aromatic N) is 2. The topological polar surface area (TPSA) is 37.8 Å². The number of hydrogen-bond donors (Lipinski definition) is 1. The van der Waals surface area contributed by atoms with Crippen molar-refractivity contribution in [2.75, 3.05) is 5.32 Å². The van der Waals surface area contributed by atoms with Gasteiger partial charge in [-0.2, -0.15) is 0 Å². The van der Waals surface area contributed by atoms with Crippen molar-refractivity contribution in [3.63, 3.8) is 0 Å². The highest BCUT2D eigenvalue weighted by molar-refractivity contribution is 5.92. The Hall–Kier alpha value is -3.20. The lowest BCUT2D eigenvalue weighted by molar-refractivity contribution is 0.565. The quantitative estimate of drug-likeness (QED) is 0.206. The summed E-state index contributed by atoms with van der Waals surface area (Å²) in [7, 11) is 0. The summed E-state index contributed by atoms with van der Waals surface area (Å²) < 4.78 is 0. The molecule has 1 aromatic heterocycles. The number of para-hydroxylation sites is 1. The Labute approximate surface area is 204 Å². The number of nitrogens with one attached hydrogen (secondary N) is 1. The predicted octanol–water partition coefficient (Wildman–Crippen LogP) is 9.11. The van der Waals surface area contributed by atoms with Crippen LogP contribution in [-0.2, 0) is 6.42 Å². The number of anilines is 2. The van der Waals surface area contributed by atoms with E-state index in [0.717, 1.165) is 40.2 Å². The van der Waals surface area contributed by atoms with Gasteiger partial charge in [-0.05, 0) is 42.7 Å². The first-order valence-corrected chi connectivity index (χ1v) is 13.0. The first kappa shape index (κ1) is 23.9. The number of benzene rings is 3. The van der Waals surface area contributed by atoms with Crippen molar-refractivity contribution >= 4 is 22.4 Å². The van der Waals surface area contributed by atoms with Gasteiger partial charge in [0.05, 0.1) is 5.52 Å². The molecular weight excluding hydrogens is 414 g/mol. The molecule has 3 nitrogen and oxygen atoms in total. The van der Waals surface area contributed by atoms with E-state index in [0.29, 0.717) is 0 Å². The van der Waals surface area contributed by atoms with Crippen LogP contribution in [0.5, 0.6) is 0 Å². The third kappa shape index (κ3) is 6.90. The molecular formula is C31H37N3. The zero-order valence-corrected chi connectivity index (χ0v) is 20.5. The van der Waals surface area contributed by atoms with E-state index in [2.05, 4.69) is 54.7 Å². The highest BCUT2D eigenvalue weighted by Gasteiger charge is 2.09. The summed E-state index contributed by atoms with van der Waals surface area (Å²) in [6.07, 6.45) is 13.5. The average molecular weight is 452 g/mol. The first-order chi connectivity index (χ1) is 16.8. The lowest BCUT2D eigenvalue weighted by Gasteiger charge is -2.12. The smallest absolute Gasteiger partial charge is 0.162 e. The maximum Gasteiger partial charge on any atom is 0.162 e. The molecule has 176 valence electrons. The molecule has 4 rings (SSSR count). The monoisotopic (exact) mass is 451 g/mol. The number of unbranched alkanes of at least 4 members (excludes halogenated alkanes) is 8. The van der Waals surface area contributed by atoms with Crippen LogP contribution >= 0.6 is 0 Å². The average Bonchev–Trinajstić information content (AvgIpc) is 2.89. The van der Waals surface area contributed by atoms with E-state index in [-0.39, 0.29) is 0 Å². The van der Waals surface area contributed by atoms with Crippen molar-refractivity contribution in [3.8, 4) is 11.4 Å². The van der Waals surface area contributed by atoms with E-state index < -0.39 is 0 Å². The van der Waals surface area contributed by atoms with Gasteiger partial charge in [0, 0.05) is 16.6 Å². The maximum absolute atomic E-state index is 4.87. The molecule has 0 aliphatic rings. The second-order valence-corrected chi connectivity index (χ2v) is 9.18. The van der Waals surface area contributed by atoms with E-state index in [9.17, 15) is 0 Å². The highest BCUT2D eigenvalue weighted by Crippen LogP contribution is 2.27. The second-order valence-electron chi connectivity index (χ2n) is 9.18. The minimum Gasteiger partial charge on any atom is -0.340 e. The molecule has 0 amide bonds. The van der Waals surface area contributed by atoms with Crippen molar-refractivity contribution in [1.29, 1.82) is 0 Å². The Bertz CT molecular complexity index is 1140. The molecule has 0 saturated carbocycles. The van der Waals surface area contributed by atoms with E-state index in [1.165, 1.54) is 63.4 Å². The number of fused-ring (bicyclic) bond motifs is 1. The number of hydrogen-bond acceptors (Lipinski definition) is 3. The molecule has 0 aliphatic heterocycles. The summed E-state index contributed by atoms with van der Waals surface area (Å²) >= 11 is 0. The zero-order valence-electron chi connectivity index (χ0n) is 20.5. The molecule has 0 radical (unpaired) electrons. The fourth-order valence-electron chi connectivity index (χ4n) is 4.42. The molecule has 0 unspecified atom stereocenters. The van der Waals surface area contributed by atoms with Gasteiger partial charge in [-0.1, -0.05) is 113 Å². The van der Waals surface area contributed by atoms with Crippen molar-refractivity contribution < 1.29 is 0 Å². The van der Waals surface area contributed by atoms with Gasteiger partial charge in [0.1, 0.15) is 5.82 Å². The lowest BCUT2D eigenvalue weighted by atomic mass is 10.0. The van der Waals surface area contributed by atoms with E-state index >= 15 is 0 Å². The van der Waals surface area contributed by atoms with Crippen LogP contribution in [0.3, 0.4) is 0 Å². The minimum absolute atomic E-state index is 0.740. The van der Waals surface area contributed by atoms with Crippen molar-refractivity contribution in [2.45, 2.75) is 71.1 Å². The zero-order chi connectivity index (χ0) is 23.4. The Morgan fingerprint density at radius 2 is 1.26 bits per heavy atom. The molecule has 1 N–H and O–H groups in total. The summed E-state index contributed by atoms with van der Waals surface area (Å²) in [5.41, 5.74) is 4.43. The lowest BCUT2D eigenvalue weighted by Crippen LogP contribution is -1.99. The highest BCUT2D eigenvalue weighted by atomic mass is 15.0. The summed E-state index contributed by atoms with van der Waals surface area (Å²) in [4.78, 5) is 9.65. The fourth-order valence-corrected chi connectivity index (χ4v) is 4.42. The van der Waals surface area contributed by atoms with Crippen molar-refractivity contribution in [3.05, 3.63) is 84.4 Å². The second kappa shape index (κ2) is 12.9. The van der Waals surface area contributed by atoms with E-state index in [1.54, 1.807) is 0 Å². The first-order valence-electron chi connectivity index (χ1n) is 13.0. The van der Waals surface area contributed by atoms with Gasteiger partial charge in [-0.25, -0.2) is 9.97 Å². The number of aromatic nitrogens is 2. The van der Waals surface area contributed by atoms with Crippen LogP contribution < -0.4 is 5.32 Å². The molecule has 0 bridgehead atoms. The van der Waals surface area contributed by atoms with Crippen LogP contribution in [0.15, 0.2) is 78.9 Å². The van der Waals surface area contributed by atoms with E-state index in [1.807, 2.05) is 36.4 Å². The molecule has 1 heterocycles. The molecule has 3 aromatic carbocycles. The van der Waals surface area contributed by atoms with E-state index in [4.69, 9.17) is 9.97 Å². The van der Waals surface area contributed by atoms with Crippen LogP contribution in [0, 0.1) is 0 Å². The Morgan fingerprint density at radius 1 is 0.618 bits per heavy atom. The summed E-state index contributed by atoms with van der Waals surface area (Å²) in [5, 5.41) is 4.57. The predicted molar refractivity (Wildman–Crippen MR) is 146 cm³/mol. The molecule has 34 heavy (non-hydrogen) atoms. The Kier molecular flexibility index (Phi) is 9.07. The largest absolute Gasteiger partial charge is 0.340 e. The van der Waals surface area contributed by atoms with Gasteiger partial charge < -0.3 is 5.32 Å². The normalized spacial score (nSPS) is 11.1. The maximum atomic E-state index is 4.87. The van der Waals surface area contributed by atoms with Gasteiger partial charge in [0.15, 0.2) is 5.82 Å². The SMILES string of the molecule is CCCCCCCCCCCc1ccc(Nc2nc(-c3ccccc3)nc3ccccc23)cc1. The standard InChI is InChI=1S/C31H37N3/c1-2-3-4-5-6-7-8-9-11-16-25-21-23-27(24-22-25)32-31-28-19-14-15-20-29(28)33-30(34-31)26-17-12-10-13-18-26/h10,12-15,17-24H,2-9,11,16H2,1H3,(H,32,33,34). The molecule has 3 heteroatoms. The third-order valence-corrected chi connectivity index (χ3v) is 6.42. The summed E-state index contributed by atoms with van der Waals surface area (Å²) in [5.74, 6) is 1.58. The molecule has 0 atom stereocenters. The van der Waals surface area contributed by atoms with Gasteiger partial charge in [0.25, 0.3) is 0 Å². The van der Waals surface area contributed by atoms with Crippen LogP contribution in [0.1, 0.15) is 70.3 Å². The van der Waals surface area contributed by atoms with Gasteiger partial charge >= 0.3 is 0 Å². The summed E-state index contributed by atoms with van der Waals surface area (Å²) in [6.45, 7) is 2.28. The fraction of sp³-hybridized carbons (Fsp3) is 0.355. The molecule has 0 aliphatic carbocycles. The summed E-state index contributed by atoms with van der Waals surface area (Å²) in [6, 6.07) is 27.2. The van der Waals surface area contributed by atoms with Crippen molar-refractivity contribution in [1.82, 2.24) is 9.97 Å². The van der Waals surface area contributed by atoms with Crippen LogP contribution in [-0.4, -0.2) is 9.97 Å². The van der Waals surface area contributed by atoms with Crippen LogP contribution in [0.25, 0.3) is 22.3 Å². The molecule has 0 spiro atoms. The molecule has 0 saturated heterocycles. The van der Waals surface area contributed by atoms with Crippen LogP contribution in [0.2, 0.25) is 0 Å². The Morgan fingerprint density at radius 3 is 2.00 bits per heavy atom. The number of aryl methyl sites for hydroxylation is 1. The van der Waals surface area contributed by atoms with Gasteiger partial charge in [-0.15, -0.1) is 0 Å². The molecule has 0 fully saturated rings.